The van der Waals surface area contributed by atoms with Crippen LogP contribution in [0, 0.1) is 6.92 Å². The Kier molecular flexibility index (Phi) is 4.99. The van der Waals surface area contributed by atoms with Gasteiger partial charge in [-0.15, -0.1) is 5.10 Å². The summed E-state index contributed by atoms with van der Waals surface area (Å²) in [6.07, 6.45) is -2.36. The van der Waals surface area contributed by atoms with Crippen LogP contribution in [0.4, 0.5) is 24.7 Å². The topological polar surface area (TPSA) is 70.7 Å². The lowest BCUT2D eigenvalue weighted by Gasteiger charge is -2.16. The highest BCUT2D eigenvalue weighted by Gasteiger charge is 2.33. The molecule has 0 amide bonds. The van der Waals surface area contributed by atoms with Crippen LogP contribution in [0.3, 0.4) is 0 Å². The van der Waals surface area contributed by atoms with Crippen LogP contribution >= 0.6 is 0 Å². The normalized spacial score (nSPS) is 11.6. The van der Waals surface area contributed by atoms with Gasteiger partial charge >= 0.3 is 6.18 Å². The van der Waals surface area contributed by atoms with Gasteiger partial charge in [0.1, 0.15) is 0 Å². The van der Waals surface area contributed by atoms with Gasteiger partial charge in [-0.05, 0) is 30.2 Å². The van der Waals surface area contributed by atoms with Gasteiger partial charge in [0.25, 0.3) is 0 Å². The Labute approximate surface area is 169 Å². The number of halogens is 3. The van der Waals surface area contributed by atoms with Crippen LogP contribution in [0.5, 0.6) is 0 Å². The molecular formula is C22H17F3N4O. The van der Waals surface area contributed by atoms with Crippen LogP contribution < -0.4 is 10.9 Å². The molecule has 2 aromatic carbocycles. The number of hydrogen-bond acceptors (Lipinski definition) is 4. The van der Waals surface area contributed by atoms with E-state index in [1.807, 2.05) is 24.3 Å². The van der Waals surface area contributed by atoms with E-state index in [0.717, 1.165) is 22.4 Å². The van der Waals surface area contributed by atoms with Gasteiger partial charge in [-0.1, -0.05) is 36.4 Å². The van der Waals surface area contributed by atoms with Gasteiger partial charge in [-0.3, -0.25) is 4.79 Å². The third-order valence-corrected chi connectivity index (χ3v) is 4.88. The SMILES string of the molecule is Cc1c(Nc2nnc(Cc3ccc(=O)[nH]c3)c3ccccc23)cccc1C(F)(F)F. The molecule has 0 unspecified atom stereocenters. The molecule has 0 saturated heterocycles. The zero-order valence-electron chi connectivity index (χ0n) is 15.9. The van der Waals surface area contributed by atoms with Gasteiger partial charge in [0.2, 0.25) is 5.56 Å². The van der Waals surface area contributed by atoms with Crippen LogP contribution in [0.25, 0.3) is 10.8 Å². The van der Waals surface area contributed by atoms with Crippen LogP contribution in [0.2, 0.25) is 0 Å². The Morgan fingerprint density at radius 2 is 1.73 bits per heavy atom. The van der Waals surface area contributed by atoms with Crippen LogP contribution in [-0.2, 0) is 12.6 Å². The summed E-state index contributed by atoms with van der Waals surface area (Å²) in [5.41, 5.74) is 1.09. The predicted molar refractivity (Wildman–Crippen MR) is 109 cm³/mol. The number of H-pyrrole nitrogens is 1. The van der Waals surface area contributed by atoms with Crippen molar-refractivity contribution in [2.45, 2.75) is 19.5 Å². The monoisotopic (exact) mass is 410 g/mol. The average Bonchev–Trinajstić information content (AvgIpc) is 2.72. The van der Waals surface area contributed by atoms with Crippen molar-refractivity contribution in [1.82, 2.24) is 15.2 Å². The van der Waals surface area contributed by atoms with Crippen molar-refractivity contribution < 1.29 is 13.2 Å². The number of nitrogens with zero attached hydrogens (tertiary/aromatic N) is 2. The maximum atomic E-state index is 13.2. The average molecular weight is 410 g/mol. The smallest absolute Gasteiger partial charge is 0.338 e. The molecule has 0 spiro atoms. The van der Waals surface area contributed by atoms with Crippen molar-refractivity contribution in [2.24, 2.45) is 0 Å². The van der Waals surface area contributed by atoms with Gasteiger partial charge in [0.15, 0.2) is 5.82 Å². The number of aromatic nitrogens is 3. The molecule has 0 atom stereocenters. The number of fused-ring (bicyclic) bond motifs is 1. The summed E-state index contributed by atoms with van der Waals surface area (Å²) in [7, 11) is 0. The first kappa shape index (κ1) is 19.6. The molecule has 0 aliphatic heterocycles. The first-order valence-electron chi connectivity index (χ1n) is 9.18. The molecule has 2 heterocycles. The third kappa shape index (κ3) is 3.89. The van der Waals surface area contributed by atoms with E-state index in [0.29, 0.717) is 23.6 Å². The number of hydrogen-bond donors (Lipinski definition) is 2. The van der Waals surface area contributed by atoms with Crippen LogP contribution in [-0.4, -0.2) is 15.2 Å². The van der Waals surface area contributed by atoms with E-state index in [-0.39, 0.29) is 11.1 Å². The van der Waals surface area contributed by atoms with Crippen molar-refractivity contribution in [3.8, 4) is 0 Å². The fourth-order valence-electron chi connectivity index (χ4n) is 3.33. The molecule has 0 aliphatic carbocycles. The Balaban J connectivity index is 1.74. The molecule has 2 N–H and O–H groups in total. The second-order valence-electron chi connectivity index (χ2n) is 6.88. The molecule has 4 aromatic rings. The molecule has 30 heavy (non-hydrogen) atoms. The van der Waals surface area contributed by atoms with E-state index in [2.05, 4.69) is 20.5 Å². The molecule has 5 nitrogen and oxygen atoms in total. The molecule has 0 bridgehead atoms. The van der Waals surface area contributed by atoms with Gasteiger partial charge < -0.3 is 10.3 Å². The fraction of sp³-hybridized carbons (Fsp3) is 0.136. The lowest BCUT2D eigenvalue weighted by Crippen LogP contribution is -2.09. The lowest BCUT2D eigenvalue weighted by atomic mass is 10.0. The molecule has 0 fully saturated rings. The second-order valence-corrected chi connectivity index (χ2v) is 6.88. The van der Waals surface area contributed by atoms with Crippen molar-refractivity contribution in [1.29, 1.82) is 0 Å². The van der Waals surface area contributed by atoms with Crippen molar-refractivity contribution in [2.75, 3.05) is 5.32 Å². The molecule has 4 rings (SSSR count). The summed E-state index contributed by atoms with van der Waals surface area (Å²) >= 11 is 0. The highest BCUT2D eigenvalue weighted by molar-refractivity contribution is 5.94. The molecule has 2 aromatic heterocycles. The number of rotatable bonds is 4. The van der Waals surface area contributed by atoms with Gasteiger partial charge in [0, 0.05) is 35.1 Å². The standard InChI is InChI=1S/C22H17F3N4O/c1-13-17(22(23,24)25)7-4-8-18(13)27-21-16-6-3-2-5-15(16)19(28-29-21)11-14-9-10-20(30)26-12-14/h2-10,12H,11H2,1H3,(H,26,30)(H,27,29). The fourth-order valence-corrected chi connectivity index (χ4v) is 3.33. The first-order chi connectivity index (χ1) is 14.3. The maximum Gasteiger partial charge on any atom is 0.416 e. The van der Waals surface area contributed by atoms with Gasteiger partial charge in [0.05, 0.1) is 11.3 Å². The van der Waals surface area contributed by atoms with Crippen molar-refractivity contribution in [3.63, 3.8) is 0 Å². The van der Waals surface area contributed by atoms with Crippen LogP contribution in [0.15, 0.2) is 65.6 Å². The molecular weight excluding hydrogens is 393 g/mol. The number of pyridine rings is 1. The van der Waals surface area contributed by atoms with E-state index in [1.54, 1.807) is 18.3 Å². The number of anilines is 2. The summed E-state index contributed by atoms with van der Waals surface area (Å²) in [6, 6.07) is 14.6. The summed E-state index contributed by atoms with van der Waals surface area (Å²) in [4.78, 5) is 13.9. The predicted octanol–water partition coefficient (Wildman–Crippen LogP) is 4.98. The van der Waals surface area contributed by atoms with E-state index in [9.17, 15) is 18.0 Å². The number of nitrogens with one attached hydrogen (secondary N) is 2. The molecule has 8 heteroatoms. The minimum Gasteiger partial charge on any atom is -0.338 e. The second kappa shape index (κ2) is 7.62. The summed E-state index contributed by atoms with van der Waals surface area (Å²) in [6.45, 7) is 1.42. The highest BCUT2D eigenvalue weighted by Crippen LogP contribution is 2.36. The molecule has 0 radical (unpaired) electrons. The first-order valence-corrected chi connectivity index (χ1v) is 9.18. The van der Waals surface area contributed by atoms with Gasteiger partial charge in [-0.25, -0.2) is 0 Å². The van der Waals surface area contributed by atoms with E-state index in [1.165, 1.54) is 19.1 Å². The quantitative estimate of drug-likeness (QED) is 0.498. The Hall–Kier alpha value is -3.68. The molecule has 0 saturated carbocycles. The third-order valence-electron chi connectivity index (χ3n) is 4.88. The van der Waals surface area contributed by atoms with E-state index in [4.69, 9.17) is 0 Å². The summed E-state index contributed by atoms with van der Waals surface area (Å²) in [5, 5.41) is 13.1. The summed E-state index contributed by atoms with van der Waals surface area (Å²) < 4.78 is 39.7. The van der Waals surface area contributed by atoms with Crippen molar-refractivity contribution in [3.05, 3.63) is 93.5 Å². The zero-order valence-corrected chi connectivity index (χ0v) is 15.9. The highest BCUT2D eigenvalue weighted by atomic mass is 19.4. The Morgan fingerprint density at radius 1 is 0.967 bits per heavy atom. The maximum absolute atomic E-state index is 13.2. The van der Waals surface area contributed by atoms with Crippen molar-refractivity contribution >= 4 is 22.3 Å². The number of benzene rings is 2. The van der Waals surface area contributed by atoms with E-state index < -0.39 is 11.7 Å². The lowest BCUT2D eigenvalue weighted by molar-refractivity contribution is -0.138. The molecule has 152 valence electrons. The van der Waals surface area contributed by atoms with E-state index >= 15 is 0 Å². The summed E-state index contributed by atoms with van der Waals surface area (Å²) in [5.74, 6) is 0.373. The Bertz CT molecular complexity index is 1260. The minimum atomic E-state index is -4.43. The number of aromatic amines is 1. The largest absolute Gasteiger partial charge is 0.416 e. The Morgan fingerprint density at radius 3 is 2.43 bits per heavy atom. The zero-order chi connectivity index (χ0) is 21.3. The minimum absolute atomic E-state index is 0.0909. The van der Waals surface area contributed by atoms with Gasteiger partial charge in [-0.2, -0.15) is 18.3 Å². The van der Waals surface area contributed by atoms with Crippen LogP contribution in [0.1, 0.15) is 22.4 Å². The molecule has 0 aliphatic rings. The number of alkyl halides is 3.